The maximum Gasteiger partial charge on any atom is 0.414 e. The molecule has 0 bridgehead atoms. The summed E-state index contributed by atoms with van der Waals surface area (Å²) in [5, 5.41) is 16.6. The Morgan fingerprint density at radius 3 is 2.51 bits per heavy atom. The number of amides is 4. The molecule has 1 aromatic heterocycles. The van der Waals surface area contributed by atoms with Crippen LogP contribution in [0, 0.1) is 5.82 Å². The van der Waals surface area contributed by atoms with Crippen molar-refractivity contribution in [2.75, 3.05) is 23.7 Å². The molecule has 3 atom stereocenters. The van der Waals surface area contributed by atoms with Crippen LogP contribution in [0.1, 0.15) is 13.8 Å². The minimum Gasteiger partial charge on any atom is -0.543 e. The summed E-state index contributed by atoms with van der Waals surface area (Å²) >= 11 is 1.36. The van der Waals surface area contributed by atoms with Crippen LogP contribution in [0.15, 0.2) is 54.0 Å². The zero-order valence-electron chi connectivity index (χ0n) is 22.1. The van der Waals surface area contributed by atoms with E-state index in [2.05, 4.69) is 10.6 Å². The largest absolute Gasteiger partial charge is 0.543 e. The number of carboxylic acids is 1. The number of ether oxygens (including phenoxy) is 1. The van der Waals surface area contributed by atoms with Crippen molar-refractivity contribution in [3.8, 4) is 11.1 Å². The van der Waals surface area contributed by atoms with Gasteiger partial charge in [0.1, 0.15) is 23.3 Å². The lowest BCUT2D eigenvalue weighted by Crippen LogP contribution is -2.71. The molecular weight excluding hydrogens is 557 g/mol. The summed E-state index contributed by atoms with van der Waals surface area (Å²) in [4.78, 5) is 61.7. The van der Waals surface area contributed by atoms with Crippen molar-refractivity contribution in [1.82, 2.24) is 15.5 Å². The fourth-order valence-electron chi connectivity index (χ4n) is 4.98. The first-order valence-corrected chi connectivity index (χ1v) is 13.7. The molecule has 0 saturated carbocycles. The van der Waals surface area contributed by atoms with Gasteiger partial charge in [-0.05, 0) is 23.8 Å². The molecule has 2 fully saturated rings. The van der Waals surface area contributed by atoms with Gasteiger partial charge in [-0.3, -0.25) is 24.2 Å². The van der Waals surface area contributed by atoms with Crippen LogP contribution in [-0.2, 0) is 30.5 Å². The number of halogens is 1. The number of hydrogen-bond donors (Lipinski definition) is 2. The van der Waals surface area contributed by atoms with Gasteiger partial charge in [-0.2, -0.15) is 0 Å². The number of β-lactam (4-membered cyclic amide) rings is 1. The van der Waals surface area contributed by atoms with Crippen LogP contribution in [0.5, 0.6) is 0 Å². The maximum absolute atomic E-state index is 15.1. The highest BCUT2D eigenvalue weighted by molar-refractivity contribution is 8.00. The molecule has 12 nitrogen and oxygen atoms in total. The van der Waals surface area contributed by atoms with Crippen molar-refractivity contribution in [1.29, 1.82) is 0 Å². The van der Waals surface area contributed by atoms with Crippen molar-refractivity contribution in [3.63, 3.8) is 0 Å². The fourth-order valence-corrected chi connectivity index (χ4v) is 6.31. The molecule has 214 valence electrons. The first kappa shape index (κ1) is 28.1. The van der Waals surface area contributed by atoms with Crippen molar-refractivity contribution >= 4 is 47.2 Å². The number of nitrogens with one attached hydrogen (secondary N) is 2. The number of thioether (sulfide) groups is 1. The Hall–Kier alpha value is -4.46. The Morgan fingerprint density at radius 2 is 1.88 bits per heavy atom. The van der Waals surface area contributed by atoms with Gasteiger partial charge in [-0.25, -0.2) is 13.8 Å². The van der Waals surface area contributed by atoms with E-state index in [-0.39, 0.29) is 37.1 Å². The molecule has 4 amide bonds. The van der Waals surface area contributed by atoms with E-state index >= 15 is 4.39 Å². The number of nitrogens with zero attached hydrogens (tertiary/aromatic N) is 3. The number of aliphatic carboxylic acids is 1. The molecule has 2 N–H and O–H groups in total. The van der Waals surface area contributed by atoms with Crippen molar-refractivity contribution in [3.05, 3.63) is 59.8 Å². The van der Waals surface area contributed by atoms with E-state index in [4.69, 9.17) is 4.74 Å². The smallest absolute Gasteiger partial charge is 0.414 e. The number of fused-ring (bicyclic) bond motifs is 1. The van der Waals surface area contributed by atoms with E-state index in [1.807, 2.05) is 0 Å². The summed E-state index contributed by atoms with van der Waals surface area (Å²) in [7, 11) is 0. The summed E-state index contributed by atoms with van der Waals surface area (Å²) < 4.78 is 22.1. The SMILES string of the molecule is CC(=O)NC[C@H]1CN(c2ccc(-c3cc[n+](CC4=C(C(=O)[O-])N5C(=O)[C@@H](NC(C)=O)C5SC4)cc3)c(F)c2)C(=O)O1. The van der Waals surface area contributed by atoms with Crippen molar-refractivity contribution < 1.29 is 42.8 Å². The third-order valence-electron chi connectivity index (χ3n) is 6.89. The Balaban J connectivity index is 1.29. The van der Waals surface area contributed by atoms with Crippen LogP contribution in [0.3, 0.4) is 0 Å². The van der Waals surface area contributed by atoms with Gasteiger partial charge in [0.2, 0.25) is 11.8 Å². The molecule has 4 heterocycles. The molecule has 0 radical (unpaired) electrons. The normalized spacial score (nSPS) is 21.7. The number of cyclic esters (lactones) is 1. The molecule has 1 aromatic carbocycles. The molecule has 0 spiro atoms. The van der Waals surface area contributed by atoms with Gasteiger partial charge in [0.05, 0.1) is 30.4 Å². The molecule has 3 aliphatic rings. The van der Waals surface area contributed by atoms with Gasteiger partial charge in [-0.15, -0.1) is 11.8 Å². The molecule has 0 aliphatic carbocycles. The second-order valence-corrected chi connectivity index (χ2v) is 10.9. The highest BCUT2D eigenvalue weighted by Crippen LogP contribution is 2.40. The lowest BCUT2D eigenvalue weighted by Gasteiger charge is -2.50. The minimum atomic E-state index is -1.47. The average Bonchev–Trinajstić information content (AvgIpc) is 3.31. The molecular formula is C27H26FN5O7S. The van der Waals surface area contributed by atoms with E-state index in [0.29, 0.717) is 28.1 Å². The number of rotatable bonds is 8. The number of carbonyl (C=O) groups is 5. The second kappa shape index (κ2) is 11.2. The lowest BCUT2D eigenvalue weighted by atomic mass is 10.0. The summed E-state index contributed by atoms with van der Waals surface area (Å²) in [5.41, 5.74) is 1.45. The van der Waals surface area contributed by atoms with Gasteiger partial charge in [0, 0.05) is 42.9 Å². The molecule has 2 aromatic rings. The van der Waals surface area contributed by atoms with Crippen LogP contribution in [0.25, 0.3) is 11.1 Å². The number of anilines is 1. The van der Waals surface area contributed by atoms with Gasteiger partial charge < -0.3 is 25.3 Å². The predicted octanol–water partition coefficient (Wildman–Crippen LogP) is -0.335. The number of carbonyl (C=O) groups excluding carboxylic acids is 5. The summed E-state index contributed by atoms with van der Waals surface area (Å²) in [6.45, 7) is 3.15. The van der Waals surface area contributed by atoms with E-state index < -0.39 is 41.3 Å². The van der Waals surface area contributed by atoms with Gasteiger partial charge in [-0.1, -0.05) is 0 Å². The molecule has 3 aliphatic heterocycles. The van der Waals surface area contributed by atoms with E-state index in [1.165, 1.54) is 36.6 Å². The lowest BCUT2D eigenvalue weighted by molar-refractivity contribution is -0.689. The average molecular weight is 584 g/mol. The summed E-state index contributed by atoms with van der Waals surface area (Å²) in [5.74, 6) is -2.82. The molecule has 14 heteroatoms. The van der Waals surface area contributed by atoms with Gasteiger partial charge in [0.15, 0.2) is 18.9 Å². The Morgan fingerprint density at radius 1 is 1.15 bits per heavy atom. The monoisotopic (exact) mass is 583 g/mol. The third-order valence-corrected chi connectivity index (χ3v) is 8.23. The maximum atomic E-state index is 15.1. The molecule has 1 unspecified atom stereocenters. The van der Waals surface area contributed by atoms with Crippen molar-refractivity contribution in [2.24, 2.45) is 0 Å². The van der Waals surface area contributed by atoms with Crippen LogP contribution in [0.2, 0.25) is 0 Å². The number of pyridine rings is 1. The minimum absolute atomic E-state index is 0.161. The van der Waals surface area contributed by atoms with Crippen LogP contribution in [0.4, 0.5) is 14.9 Å². The first-order valence-electron chi connectivity index (χ1n) is 12.7. The van der Waals surface area contributed by atoms with E-state index in [1.54, 1.807) is 41.2 Å². The highest BCUT2D eigenvalue weighted by atomic mass is 32.2. The fraction of sp³-hybridized carbons (Fsp3) is 0.333. The zero-order valence-corrected chi connectivity index (χ0v) is 22.9. The number of carboxylic acid groups (broad SMARTS) is 1. The second-order valence-electron chi connectivity index (χ2n) is 9.80. The van der Waals surface area contributed by atoms with E-state index in [0.717, 1.165) is 4.90 Å². The number of benzene rings is 1. The zero-order chi connectivity index (χ0) is 29.4. The molecule has 41 heavy (non-hydrogen) atoms. The van der Waals surface area contributed by atoms with Crippen LogP contribution in [-0.4, -0.2) is 71.0 Å². The molecule has 2 saturated heterocycles. The number of aromatic nitrogens is 1. The van der Waals surface area contributed by atoms with Crippen LogP contribution >= 0.6 is 11.8 Å². The quantitative estimate of drug-likeness (QED) is 0.317. The van der Waals surface area contributed by atoms with E-state index in [9.17, 15) is 29.1 Å². The highest BCUT2D eigenvalue weighted by Gasteiger charge is 2.52. The third kappa shape index (κ3) is 5.59. The molecule has 5 rings (SSSR count). The standard InChI is InChI=1S/C27H26FN5O7S/c1-14(34)29-10-19-12-32(27(39)40-19)18-3-4-20(21(28)9-18)16-5-7-31(8-6-16)11-17-13-41-25-22(30-15(2)35)24(36)33(25)23(17)26(37)38/h3-9,19,22,25H,10-13H2,1-2H3,(H2-,29,30,34,35,37,38)/t19-,22+,25?/m0/s1. The number of hydrogen-bond acceptors (Lipinski definition) is 8. The van der Waals surface area contributed by atoms with Gasteiger partial charge >= 0.3 is 6.09 Å². The Bertz CT molecular complexity index is 1480. The van der Waals surface area contributed by atoms with Crippen LogP contribution < -0.4 is 25.2 Å². The Kier molecular flexibility index (Phi) is 7.67. The van der Waals surface area contributed by atoms with Gasteiger partial charge in [0.25, 0.3) is 5.91 Å². The topological polar surface area (TPSA) is 152 Å². The summed E-state index contributed by atoms with van der Waals surface area (Å²) in [6, 6.07) is 6.96. The predicted molar refractivity (Wildman–Crippen MR) is 141 cm³/mol. The summed E-state index contributed by atoms with van der Waals surface area (Å²) in [6.07, 6.45) is 2.16. The first-order chi connectivity index (χ1) is 19.5. The van der Waals surface area contributed by atoms with Crippen molar-refractivity contribution in [2.45, 2.75) is 37.9 Å². The Labute approximate surface area is 238 Å².